The number of carbonyl (C=O) groups is 1. The van der Waals surface area contributed by atoms with Gasteiger partial charge in [0.25, 0.3) is 5.56 Å². The van der Waals surface area contributed by atoms with Crippen LogP contribution in [0.5, 0.6) is 0 Å². The molecule has 0 saturated carbocycles. The van der Waals surface area contributed by atoms with E-state index in [1.807, 2.05) is 0 Å². The van der Waals surface area contributed by atoms with E-state index in [4.69, 9.17) is 10.8 Å². The second-order valence-electron chi connectivity index (χ2n) is 3.67. The lowest BCUT2D eigenvalue weighted by Gasteiger charge is -2.05. The molecule has 2 aromatic heterocycles. The number of nitrogens with zero attached hydrogens (tertiary/aromatic N) is 2. The van der Waals surface area contributed by atoms with Crippen molar-refractivity contribution in [1.82, 2.24) is 20.2 Å². The van der Waals surface area contributed by atoms with Crippen LogP contribution in [0.15, 0.2) is 9.59 Å². The summed E-state index contributed by atoms with van der Waals surface area (Å²) < 4.78 is 0. The van der Waals surface area contributed by atoms with E-state index in [1.54, 1.807) is 0 Å². The SMILES string of the molecule is C[C@H](C(=O)O)c1n[nH]c2nc(N)[nH]c(=O)c2c1=O. The number of nitrogens with two attached hydrogens (primary N) is 1. The fourth-order valence-electron chi connectivity index (χ4n) is 1.48. The first-order chi connectivity index (χ1) is 8.41. The molecule has 0 radical (unpaired) electrons. The van der Waals surface area contributed by atoms with E-state index >= 15 is 0 Å². The van der Waals surface area contributed by atoms with Gasteiger partial charge in [-0.05, 0) is 6.92 Å². The van der Waals surface area contributed by atoms with Gasteiger partial charge in [-0.15, -0.1) is 0 Å². The van der Waals surface area contributed by atoms with E-state index < -0.39 is 22.9 Å². The number of H-pyrrole nitrogens is 2. The van der Waals surface area contributed by atoms with E-state index in [0.29, 0.717) is 0 Å². The third kappa shape index (κ3) is 1.71. The number of aliphatic carboxylic acids is 1. The van der Waals surface area contributed by atoms with Gasteiger partial charge >= 0.3 is 5.97 Å². The predicted molar refractivity (Wildman–Crippen MR) is 61.2 cm³/mol. The minimum absolute atomic E-state index is 0.0809. The number of nitrogen functional groups attached to an aromatic ring is 1. The maximum absolute atomic E-state index is 12.0. The van der Waals surface area contributed by atoms with Crippen molar-refractivity contribution in [2.75, 3.05) is 5.73 Å². The monoisotopic (exact) mass is 251 g/mol. The average Bonchev–Trinajstić information content (AvgIpc) is 2.27. The molecule has 0 aromatic carbocycles. The van der Waals surface area contributed by atoms with Crippen LogP contribution in [-0.4, -0.2) is 31.2 Å². The first kappa shape index (κ1) is 11.8. The standard InChI is InChI=1S/C9H9N5O4/c1-2(8(17)18)4-5(15)3-6(14-13-4)11-9(10)12-7(3)16/h2H,1H3,(H,17,18)(H4,10,11,12,14,15,16)/t2-/m0/s1. The van der Waals surface area contributed by atoms with Crippen molar-refractivity contribution in [3.05, 3.63) is 26.3 Å². The highest BCUT2D eigenvalue weighted by atomic mass is 16.4. The highest BCUT2D eigenvalue weighted by molar-refractivity contribution is 5.78. The average molecular weight is 251 g/mol. The minimum Gasteiger partial charge on any atom is -0.481 e. The number of hydrogen-bond acceptors (Lipinski definition) is 6. The predicted octanol–water partition coefficient (Wildman–Crippen LogP) is -1.22. The summed E-state index contributed by atoms with van der Waals surface area (Å²) in [6, 6.07) is 0. The van der Waals surface area contributed by atoms with E-state index in [2.05, 4.69) is 20.2 Å². The first-order valence-electron chi connectivity index (χ1n) is 4.92. The molecular weight excluding hydrogens is 242 g/mol. The summed E-state index contributed by atoms with van der Waals surface area (Å²) in [6.45, 7) is 1.30. The molecule has 0 aliphatic heterocycles. The molecule has 2 rings (SSSR count). The highest BCUT2D eigenvalue weighted by Gasteiger charge is 2.22. The quantitative estimate of drug-likeness (QED) is 0.521. The largest absolute Gasteiger partial charge is 0.481 e. The molecule has 0 fully saturated rings. The van der Waals surface area contributed by atoms with E-state index in [-0.39, 0.29) is 22.7 Å². The number of carboxylic acids is 1. The molecule has 0 spiro atoms. The van der Waals surface area contributed by atoms with E-state index in [0.717, 1.165) is 0 Å². The van der Waals surface area contributed by atoms with Crippen LogP contribution in [0.25, 0.3) is 11.0 Å². The summed E-state index contributed by atoms with van der Waals surface area (Å²) in [4.78, 5) is 40.2. The van der Waals surface area contributed by atoms with Gasteiger partial charge < -0.3 is 10.8 Å². The topological polar surface area (TPSA) is 155 Å². The lowest BCUT2D eigenvalue weighted by Crippen LogP contribution is -2.26. The smallest absolute Gasteiger partial charge is 0.312 e. The minimum atomic E-state index is -1.22. The van der Waals surface area contributed by atoms with Crippen LogP contribution in [0.3, 0.4) is 0 Å². The number of nitrogens with one attached hydrogen (secondary N) is 2. The Morgan fingerprint density at radius 1 is 1.44 bits per heavy atom. The summed E-state index contributed by atoms with van der Waals surface area (Å²) in [5.74, 6) is -2.51. The van der Waals surface area contributed by atoms with Gasteiger partial charge in [0.05, 0.1) is 0 Å². The summed E-state index contributed by atoms with van der Waals surface area (Å²) >= 11 is 0. The summed E-state index contributed by atoms with van der Waals surface area (Å²) in [5.41, 5.74) is 3.46. The number of fused-ring (bicyclic) bond motifs is 1. The molecule has 94 valence electrons. The number of hydrogen-bond donors (Lipinski definition) is 4. The third-order valence-corrected chi connectivity index (χ3v) is 2.46. The molecular formula is C9H9N5O4. The Bertz CT molecular complexity index is 747. The maximum atomic E-state index is 12.0. The molecule has 0 aliphatic carbocycles. The van der Waals surface area contributed by atoms with Crippen molar-refractivity contribution in [3.63, 3.8) is 0 Å². The van der Waals surface area contributed by atoms with Crippen molar-refractivity contribution < 1.29 is 9.90 Å². The summed E-state index contributed by atoms with van der Waals surface area (Å²) in [6.07, 6.45) is 0. The van der Waals surface area contributed by atoms with Gasteiger partial charge in [-0.25, -0.2) is 0 Å². The fraction of sp³-hybridized carbons (Fsp3) is 0.222. The van der Waals surface area contributed by atoms with E-state index in [9.17, 15) is 14.4 Å². The molecule has 2 heterocycles. The molecule has 0 aliphatic rings. The zero-order valence-electron chi connectivity index (χ0n) is 9.22. The molecule has 0 saturated heterocycles. The van der Waals surface area contributed by atoms with Gasteiger partial charge in [0.1, 0.15) is 17.0 Å². The lowest BCUT2D eigenvalue weighted by molar-refractivity contribution is -0.138. The van der Waals surface area contributed by atoms with Crippen LogP contribution in [0.2, 0.25) is 0 Å². The Hall–Kier alpha value is -2.71. The van der Waals surface area contributed by atoms with Crippen LogP contribution < -0.4 is 16.7 Å². The Morgan fingerprint density at radius 3 is 2.72 bits per heavy atom. The lowest BCUT2D eigenvalue weighted by atomic mass is 10.1. The van der Waals surface area contributed by atoms with Crippen molar-refractivity contribution in [3.8, 4) is 0 Å². The van der Waals surface area contributed by atoms with Gasteiger partial charge in [0.15, 0.2) is 5.65 Å². The molecule has 5 N–H and O–H groups in total. The van der Waals surface area contributed by atoms with Crippen molar-refractivity contribution in [2.45, 2.75) is 12.8 Å². The molecule has 2 aromatic rings. The molecule has 0 amide bonds. The molecule has 1 atom stereocenters. The Labute approximate surface area is 98.7 Å². The zero-order chi connectivity index (χ0) is 13.4. The summed E-state index contributed by atoms with van der Waals surface area (Å²) in [5, 5.41) is 14.5. The van der Waals surface area contributed by atoms with Crippen LogP contribution in [0.1, 0.15) is 18.5 Å². The fourth-order valence-corrected chi connectivity index (χ4v) is 1.48. The molecule has 0 unspecified atom stereocenters. The molecule has 18 heavy (non-hydrogen) atoms. The molecule has 9 nitrogen and oxygen atoms in total. The summed E-state index contributed by atoms with van der Waals surface area (Å²) in [7, 11) is 0. The normalized spacial score (nSPS) is 12.5. The molecule has 9 heteroatoms. The number of aromatic amines is 2. The number of rotatable bonds is 2. The maximum Gasteiger partial charge on any atom is 0.312 e. The highest BCUT2D eigenvalue weighted by Crippen LogP contribution is 2.09. The number of aromatic nitrogens is 4. The van der Waals surface area contributed by atoms with Crippen molar-refractivity contribution in [2.24, 2.45) is 0 Å². The first-order valence-corrected chi connectivity index (χ1v) is 4.92. The Kier molecular flexibility index (Phi) is 2.58. The van der Waals surface area contributed by atoms with Crippen molar-refractivity contribution in [1.29, 1.82) is 0 Å². The zero-order valence-corrected chi connectivity index (χ0v) is 9.22. The second kappa shape index (κ2) is 3.95. The van der Waals surface area contributed by atoms with Gasteiger partial charge in [0, 0.05) is 0 Å². The van der Waals surface area contributed by atoms with Crippen LogP contribution in [0, 0.1) is 0 Å². The van der Waals surface area contributed by atoms with Crippen LogP contribution in [-0.2, 0) is 4.79 Å². The van der Waals surface area contributed by atoms with Gasteiger partial charge in [-0.3, -0.25) is 24.5 Å². The van der Waals surface area contributed by atoms with Crippen LogP contribution >= 0.6 is 0 Å². The Morgan fingerprint density at radius 2 is 2.11 bits per heavy atom. The number of carboxylic acid groups (broad SMARTS) is 1. The second-order valence-corrected chi connectivity index (χ2v) is 3.67. The van der Waals surface area contributed by atoms with Gasteiger partial charge in [0.2, 0.25) is 11.4 Å². The van der Waals surface area contributed by atoms with Gasteiger partial charge in [-0.1, -0.05) is 0 Å². The van der Waals surface area contributed by atoms with Crippen molar-refractivity contribution >= 4 is 23.0 Å². The van der Waals surface area contributed by atoms with E-state index in [1.165, 1.54) is 6.92 Å². The molecule has 0 bridgehead atoms. The van der Waals surface area contributed by atoms with Crippen LogP contribution in [0.4, 0.5) is 5.95 Å². The number of anilines is 1. The third-order valence-electron chi connectivity index (χ3n) is 2.46. The van der Waals surface area contributed by atoms with Gasteiger partial charge in [-0.2, -0.15) is 10.1 Å². The Balaban J connectivity index is 2.84.